The lowest BCUT2D eigenvalue weighted by Gasteiger charge is -2.11. The second-order valence-electron chi connectivity index (χ2n) is 7.33. The van der Waals surface area contributed by atoms with Gasteiger partial charge in [0.1, 0.15) is 5.75 Å². The number of carbonyl (C=O) groups excluding carboxylic acids is 2. The Bertz CT molecular complexity index is 1360. The molecule has 0 aliphatic carbocycles. The third-order valence-electron chi connectivity index (χ3n) is 5.20. The highest BCUT2D eigenvalue weighted by Gasteiger charge is 2.19. The lowest BCUT2D eigenvalue weighted by atomic mass is 10.0. The minimum atomic E-state index is -0.276. The molecule has 2 amide bonds. The highest BCUT2D eigenvalue weighted by atomic mass is 35.5. The van der Waals surface area contributed by atoms with Crippen molar-refractivity contribution in [2.45, 2.75) is 13.3 Å². The number of amides is 2. The number of methoxy groups -OCH3 is 1. The van der Waals surface area contributed by atoms with Gasteiger partial charge in [-0.25, -0.2) is 0 Å². The Kier molecular flexibility index (Phi) is 5.95. The van der Waals surface area contributed by atoms with Crippen LogP contribution in [0.15, 0.2) is 42.7 Å². The molecule has 0 spiro atoms. The van der Waals surface area contributed by atoms with Gasteiger partial charge in [-0.15, -0.1) is 0 Å². The molecule has 0 bridgehead atoms. The summed E-state index contributed by atoms with van der Waals surface area (Å²) in [5.41, 5.74) is 3.59. The number of hydrogen-bond donors (Lipinski definition) is 2. The first kappa shape index (κ1) is 21.9. The van der Waals surface area contributed by atoms with Gasteiger partial charge in [0.05, 0.1) is 34.8 Å². The number of nitrogens with zero attached hydrogens (tertiary/aromatic N) is 2. The van der Waals surface area contributed by atoms with E-state index >= 15 is 0 Å². The van der Waals surface area contributed by atoms with E-state index in [-0.39, 0.29) is 28.3 Å². The quantitative estimate of drug-likeness (QED) is 0.420. The molecule has 0 fully saturated rings. The molecule has 0 saturated heterocycles. The van der Waals surface area contributed by atoms with Gasteiger partial charge in [-0.2, -0.15) is 0 Å². The van der Waals surface area contributed by atoms with E-state index < -0.39 is 0 Å². The van der Waals surface area contributed by atoms with Crippen LogP contribution >= 0.6 is 23.2 Å². The summed E-state index contributed by atoms with van der Waals surface area (Å²) in [7, 11) is 3.54. The van der Waals surface area contributed by atoms with Crippen molar-refractivity contribution in [3.63, 3.8) is 0 Å². The number of nitrogens with one attached hydrogen (secondary N) is 2. The maximum absolute atomic E-state index is 12.9. The summed E-state index contributed by atoms with van der Waals surface area (Å²) in [5, 5.41) is 7.88. The summed E-state index contributed by atoms with van der Waals surface area (Å²) in [5.74, 6) is 0.249. The fourth-order valence-electron chi connectivity index (χ4n) is 3.88. The monoisotopic (exact) mass is 470 g/mol. The maximum atomic E-state index is 12.9. The summed E-state index contributed by atoms with van der Waals surface area (Å²) in [6, 6.07) is 9.37. The van der Waals surface area contributed by atoms with E-state index in [1.165, 1.54) is 19.3 Å². The largest absolute Gasteiger partial charge is 0.495 e. The molecule has 0 atom stereocenters. The fraction of sp³-hybridized carbons (Fsp3) is 0.174. The van der Waals surface area contributed by atoms with Crippen LogP contribution in [0.1, 0.15) is 12.5 Å². The van der Waals surface area contributed by atoms with Gasteiger partial charge in [0.25, 0.3) is 0 Å². The van der Waals surface area contributed by atoms with Crippen molar-refractivity contribution in [1.29, 1.82) is 0 Å². The number of ether oxygens (including phenoxy) is 1. The van der Waals surface area contributed by atoms with Gasteiger partial charge in [-0.1, -0.05) is 29.3 Å². The molecule has 0 aliphatic rings. The van der Waals surface area contributed by atoms with Crippen molar-refractivity contribution in [3.05, 3.63) is 58.3 Å². The SMILES string of the molecule is COc1ccc(CC(=O)Nc2c(Cl)cncc2Cl)c2c3cc(NC(C)=O)ccc3n(C)c12. The predicted octanol–water partition coefficient (Wildman–Crippen LogP) is 5.18. The molecule has 4 rings (SSSR count). The lowest BCUT2D eigenvalue weighted by molar-refractivity contribution is -0.116. The molecular formula is C23H20Cl2N4O3. The number of hydrogen-bond acceptors (Lipinski definition) is 4. The molecule has 7 nitrogen and oxygen atoms in total. The van der Waals surface area contributed by atoms with Crippen LogP contribution in [0.2, 0.25) is 10.0 Å². The van der Waals surface area contributed by atoms with Crippen LogP contribution in [0, 0.1) is 0 Å². The van der Waals surface area contributed by atoms with Gasteiger partial charge in [0.15, 0.2) is 0 Å². The van der Waals surface area contributed by atoms with E-state index in [9.17, 15) is 9.59 Å². The Morgan fingerprint density at radius 2 is 1.81 bits per heavy atom. The van der Waals surface area contributed by atoms with Crippen molar-refractivity contribution in [2.24, 2.45) is 7.05 Å². The number of anilines is 2. The normalized spacial score (nSPS) is 11.0. The van der Waals surface area contributed by atoms with Crippen LogP contribution in [0.3, 0.4) is 0 Å². The van der Waals surface area contributed by atoms with Crippen LogP contribution in [0.4, 0.5) is 11.4 Å². The summed E-state index contributed by atoms with van der Waals surface area (Å²) < 4.78 is 7.60. The Labute approximate surface area is 194 Å². The minimum absolute atomic E-state index is 0.0823. The van der Waals surface area contributed by atoms with Gasteiger partial charge in [-0.05, 0) is 29.8 Å². The smallest absolute Gasteiger partial charge is 0.228 e. The highest BCUT2D eigenvalue weighted by molar-refractivity contribution is 6.39. The van der Waals surface area contributed by atoms with E-state index in [4.69, 9.17) is 27.9 Å². The standard InChI is InChI=1S/C23H20Cl2N4O3/c1-12(30)27-14-5-6-18-15(9-14)21-13(4-7-19(32-3)23(21)29(18)2)8-20(31)28-22-16(24)10-26-11-17(22)25/h4-7,9-11H,8H2,1-3H3,(H,27,30)(H,26,28,31). The zero-order valence-corrected chi connectivity index (χ0v) is 19.1. The molecular weight excluding hydrogens is 451 g/mol. The summed E-state index contributed by atoms with van der Waals surface area (Å²) in [6.45, 7) is 1.46. The highest BCUT2D eigenvalue weighted by Crippen LogP contribution is 2.38. The number of benzene rings is 2. The average molecular weight is 471 g/mol. The third-order valence-corrected chi connectivity index (χ3v) is 5.77. The Hall–Kier alpha value is -3.29. The second kappa shape index (κ2) is 8.68. The van der Waals surface area contributed by atoms with E-state index in [1.54, 1.807) is 7.11 Å². The van der Waals surface area contributed by atoms with Gasteiger partial charge in [-0.3, -0.25) is 14.6 Å². The predicted molar refractivity (Wildman–Crippen MR) is 128 cm³/mol. The average Bonchev–Trinajstić information content (AvgIpc) is 3.03. The molecule has 2 aromatic carbocycles. The minimum Gasteiger partial charge on any atom is -0.495 e. The number of aryl methyl sites for hydroxylation is 1. The number of fused-ring (bicyclic) bond motifs is 3. The molecule has 4 aromatic rings. The number of pyridine rings is 1. The first-order chi connectivity index (χ1) is 15.3. The van der Waals surface area contributed by atoms with Crippen molar-refractivity contribution in [2.75, 3.05) is 17.7 Å². The zero-order valence-electron chi connectivity index (χ0n) is 17.6. The Balaban J connectivity index is 1.83. The van der Waals surface area contributed by atoms with Crippen LogP contribution in [-0.2, 0) is 23.1 Å². The molecule has 9 heteroatoms. The Morgan fingerprint density at radius 3 is 2.47 bits per heavy atom. The van der Waals surface area contributed by atoms with E-state index in [0.29, 0.717) is 17.1 Å². The van der Waals surface area contributed by atoms with E-state index in [1.807, 2.05) is 41.9 Å². The van der Waals surface area contributed by atoms with Crippen molar-refractivity contribution < 1.29 is 14.3 Å². The van der Waals surface area contributed by atoms with E-state index in [0.717, 1.165) is 27.4 Å². The number of rotatable bonds is 5. The molecule has 0 radical (unpaired) electrons. The number of halogens is 2. The van der Waals surface area contributed by atoms with Crippen LogP contribution < -0.4 is 15.4 Å². The number of aromatic nitrogens is 2. The van der Waals surface area contributed by atoms with Gasteiger partial charge >= 0.3 is 0 Å². The molecule has 32 heavy (non-hydrogen) atoms. The molecule has 0 aliphatic heterocycles. The second-order valence-corrected chi connectivity index (χ2v) is 8.14. The zero-order chi connectivity index (χ0) is 23.0. The summed E-state index contributed by atoms with van der Waals surface area (Å²) in [6.07, 6.45) is 2.92. The van der Waals surface area contributed by atoms with Gasteiger partial charge in [0.2, 0.25) is 11.8 Å². The van der Waals surface area contributed by atoms with Gasteiger partial charge in [0, 0.05) is 48.3 Å². The first-order valence-electron chi connectivity index (χ1n) is 9.74. The molecule has 0 saturated carbocycles. The summed E-state index contributed by atoms with van der Waals surface area (Å²) >= 11 is 12.3. The van der Waals surface area contributed by atoms with Crippen LogP contribution in [0.25, 0.3) is 21.8 Å². The van der Waals surface area contributed by atoms with Crippen LogP contribution in [0.5, 0.6) is 5.75 Å². The molecule has 2 heterocycles. The molecule has 0 unspecified atom stereocenters. The maximum Gasteiger partial charge on any atom is 0.228 e. The summed E-state index contributed by atoms with van der Waals surface area (Å²) in [4.78, 5) is 28.3. The topological polar surface area (TPSA) is 85.2 Å². The van der Waals surface area contributed by atoms with E-state index in [2.05, 4.69) is 15.6 Å². The molecule has 164 valence electrons. The molecule has 2 N–H and O–H groups in total. The third kappa shape index (κ3) is 3.97. The lowest BCUT2D eigenvalue weighted by Crippen LogP contribution is -2.15. The Morgan fingerprint density at radius 1 is 1.09 bits per heavy atom. The fourth-order valence-corrected chi connectivity index (χ4v) is 4.34. The molecule has 2 aromatic heterocycles. The van der Waals surface area contributed by atoms with Crippen molar-refractivity contribution >= 4 is 68.2 Å². The van der Waals surface area contributed by atoms with Crippen molar-refractivity contribution in [3.8, 4) is 5.75 Å². The van der Waals surface area contributed by atoms with Crippen molar-refractivity contribution in [1.82, 2.24) is 9.55 Å². The van der Waals surface area contributed by atoms with Gasteiger partial charge < -0.3 is 19.9 Å². The van der Waals surface area contributed by atoms with Crippen LogP contribution in [-0.4, -0.2) is 28.5 Å². The first-order valence-corrected chi connectivity index (χ1v) is 10.5. The number of carbonyl (C=O) groups is 2.